The third kappa shape index (κ3) is 2.87. The van der Waals surface area contributed by atoms with Crippen LogP contribution in [0.5, 0.6) is 0 Å². The van der Waals surface area contributed by atoms with E-state index in [0.29, 0.717) is 26.4 Å². The maximum absolute atomic E-state index is 5.40. The minimum atomic E-state index is -1.19. The molecule has 0 radical (unpaired) electrons. The van der Waals surface area contributed by atoms with E-state index in [9.17, 15) is 0 Å². The topological polar surface area (TPSA) is 55.4 Å². The van der Waals surface area contributed by atoms with E-state index in [1.165, 1.54) is 0 Å². The molecule has 0 aliphatic carbocycles. The molecule has 2 aliphatic heterocycles. The van der Waals surface area contributed by atoms with Crippen LogP contribution >= 0.6 is 18.1 Å². The molecule has 0 atom stereocenters. The first-order chi connectivity index (χ1) is 7.28. The third-order valence-electron chi connectivity index (χ3n) is 2.25. The van der Waals surface area contributed by atoms with Gasteiger partial charge in [-0.1, -0.05) is 0 Å². The summed E-state index contributed by atoms with van der Waals surface area (Å²) in [6.07, 6.45) is 0. The van der Waals surface area contributed by atoms with Crippen molar-refractivity contribution in [3.05, 3.63) is 0 Å². The van der Waals surface area contributed by atoms with Gasteiger partial charge in [-0.2, -0.15) is 0 Å². The van der Waals surface area contributed by atoms with Crippen LogP contribution in [0.1, 0.15) is 0 Å². The number of hydrogen-bond donors (Lipinski definition) is 0. The lowest BCUT2D eigenvalue weighted by Gasteiger charge is -2.41. The summed E-state index contributed by atoms with van der Waals surface area (Å²) >= 11 is 0. The van der Waals surface area contributed by atoms with Gasteiger partial charge in [-0.05, 0) is 0 Å². The van der Waals surface area contributed by atoms with Crippen LogP contribution in [0.2, 0.25) is 0 Å². The summed E-state index contributed by atoms with van der Waals surface area (Å²) in [5.74, 6) is 0. The Bertz CT molecular complexity index is 178. The van der Waals surface area contributed by atoms with Gasteiger partial charge in [-0.15, -0.1) is 0 Å². The fraction of sp³-hybridized carbons (Fsp3) is 1.00. The zero-order valence-corrected chi connectivity index (χ0v) is 10.2. The Morgan fingerprint density at radius 3 is 2.27 bits per heavy atom. The van der Waals surface area contributed by atoms with Crippen LogP contribution < -0.4 is 0 Å². The van der Waals surface area contributed by atoms with Crippen LogP contribution in [-0.2, 0) is 27.3 Å². The summed E-state index contributed by atoms with van der Waals surface area (Å²) < 4.78 is 31.1. The Morgan fingerprint density at radius 1 is 1.20 bits per heavy atom. The fourth-order valence-corrected chi connectivity index (χ4v) is 2.56. The SMILES string of the molecule is COP1OCC2(COB(O[PH-])OC2)CO1. The van der Waals surface area contributed by atoms with Crippen molar-refractivity contribution in [2.75, 3.05) is 33.5 Å². The molecule has 0 aromatic rings. The van der Waals surface area contributed by atoms with E-state index in [4.69, 9.17) is 27.3 Å². The van der Waals surface area contributed by atoms with Gasteiger partial charge in [0.25, 0.3) is 0 Å². The van der Waals surface area contributed by atoms with E-state index < -0.39 is 15.9 Å². The molecule has 9 heteroatoms. The average Bonchev–Trinajstić information content (AvgIpc) is 2.31. The summed E-state index contributed by atoms with van der Waals surface area (Å²) in [4.78, 5) is 0. The molecule has 2 fully saturated rings. The van der Waals surface area contributed by atoms with Crippen LogP contribution in [-0.4, -0.2) is 40.9 Å². The molecule has 0 aromatic heterocycles. The predicted molar refractivity (Wildman–Crippen MR) is 55.3 cm³/mol. The van der Waals surface area contributed by atoms with E-state index in [2.05, 4.69) is 9.47 Å². The number of rotatable bonds is 2. The van der Waals surface area contributed by atoms with Crippen molar-refractivity contribution in [1.29, 1.82) is 0 Å². The van der Waals surface area contributed by atoms with Gasteiger partial charge < -0.3 is 36.8 Å². The molecule has 2 saturated heterocycles. The summed E-state index contributed by atoms with van der Waals surface area (Å²) in [7, 11) is 2.58. The third-order valence-corrected chi connectivity index (χ3v) is 3.42. The van der Waals surface area contributed by atoms with Crippen molar-refractivity contribution >= 4 is 25.4 Å². The molecule has 2 heterocycles. The molecule has 0 saturated carbocycles. The van der Waals surface area contributed by atoms with Crippen LogP contribution in [0, 0.1) is 5.41 Å². The Hall–Kier alpha value is 0.685. The van der Waals surface area contributed by atoms with Crippen LogP contribution in [0.25, 0.3) is 0 Å². The maximum atomic E-state index is 5.40. The maximum Gasteiger partial charge on any atom is 0.606 e. The lowest BCUT2D eigenvalue weighted by Crippen LogP contribution is -2.50. The van der Waals surface area contributed by atoms with E-state index in [0.717, 1.165) is 0 Å². The Kier molecular flexibility index (Phi) is 4.33. The Balaban J connectivity index is 1.83. The second-order valence-electron chi connectivity index (χ2n) is 3.48. The first-order valence-corrected chi connectivity index (χ1v) is 5.94. The van der Waals surface area contributed by atoms with Crippen molar-refractivity contribution in [3.8, 4) is 0 Å². The summed E-state index contributed by atoms with van der Waals surface area (Å²) in [6, 6.07) is 0. The van der Waals surface area contributed by atoms with Crippen molar-refractivity contribution in [3.63, 3.8) is 0 Å². The summed E-state index contributed by atoms with van der Waals surface area (Å²) in [5, 5.41) is 0. The van der Waals surface area contributed by atoms with E-state index in [1.54, 1.807) is 7.11 Å². The first-order valence-electron chi connectivity index (χ1n) is 4.44. The highest BCUT2D eigenvalue weighted by Gasteiger charge is 2.43. The second kappa shape index (κ2) is 5.34. The molecule has 6 nitrogen and oxygen atoms in total. The minimum absolute atomic E-state index is 0.237. The van der Waals surface area contributed by atoms with Crippen LogP contribution in [0.3, 0.4) is 0 Å². The molecule has 1 spiro atoms. The highest BCUT2D eigenvalue weighted by Crippen LogP contribution is 2.47. The second-order valence-corrected chi connectivity index (χ2v) is 5.05. The molecule has 0 unspecified atom stereocenters. The van der Waals surface area contributed by atoms with Gasteiger partial charge in [0.05, 0.1) is 18.6 Å². The molecule has 0 aromatic carbocycles. The van der Waals surface area contributed by atoms with E-state index in [1.807, 2.05) is 0 Å². The van der Waals surface area contributed by atoms with E-state index >= 15 is 0 Å². The average molecular weight is 253 g/mol. The molecular formula is C6H12BO6P2-. The van der Waals surface area contributed by atoms with Gasteiger partial charge in [-0.25, -0.2) is 0 Å². The molecule has 2 aliphatic rings. The van der Waals surface area contributed by atoms with Gasteiger partial charge in [0.15, 0.2) is 0 Å². The highest BCUT2D eigenvalue weighted by atomic mass is 31.2. The largest absolute Gasteiger partial charge is 0.606 e. The lowest BCUT2D eigenvalue weighted by atomic mass is 9.89. The summed E-state index contributed by atoms with van der Waals surface area (Å²) in [5.41, 5.74) is -0.237. The smallest absolute Gasteiger partial charge is 0.572 e. The quantitative estimate of drug-likeness (QED) is 0.540. The van der Waals surface area contributed by atoms with Crippen LogP contribution in [0.4, 0.5) is 0 Å². The highest BCUT2D eigenvalue weighted by molar-refractivity contribution is 7.41. The Labute approximate surface area is 92.3 Å². The van der Waals surface area contributed by atoms with Gasteiger partial charge in [0.2, 0.25) is 0 Å². The van der Waals surface area contributed by atoms with Crippen molar-refractivity contribution in [1.82, 2.24) is 0 Å². The zero-order chi connectivity index (χ0) is 10.7. The molecule has 15 heavy (non-hydrogen) atoms. The normalized spacial score (nSPS) is 27.2. The van der Waals surface area contributed by atoms with Crippen LogP contribution in [0.15, 0.2) is 0 Å². The first kappa shape index (κ1) is 12.2. The van der Waals surface area contributed by atoms with E-state index in [-0.39, 0.29) is 5.41 Å². The number of hydrogen-bond acceptors (Lipinski definition) is 6. The molecule has 2 rings (SSSR count). The molecule has 0 N–H and O–H groups in total. The van der Waals surface area contributed by atoms with Crippen molar-refractivity contribution in [2.24, 2.45) is 5.41 Å². The molecular weight excluding hydrogens is 241 g/mol. The minimum Gasteiger partial charge on any atom is -0.572 e. The van der Waals surface area contributed by atoms with Gasteiger partial charge in [-0.3, -0.25) is 0 Å². The Morgan fingerprint density at radius 2 is 1.80 bits per heavy atom. The standard InChI is InChI=1S/C6H12BO6P2/c1-8-15-11-4-6(5-12-15)2-9-7(13-14)10-3-6/h14H,2-5H2,1H3/q-1. The fourth-order valence-electron chi connectivity index (χ4n) is 1.38. The molecule has 0 bridgehead atoms. The lowest BCUT2D eigenvalue weighted by molar-refractivity contribution is -0.0886. The van der Waals surface area contributed by atoms with Gasteiger partial charge in [0, 0.05) is 20.3 Å². The van der Waals surface area contributed by atoms with Crippen molar-refractivity contribution in [2.45, 2.75) is 0 Å². The monoisotopic (exact) mass is 253 g/mol. The van der Waals surface area contributed by atoms with Gasteiger partial charge in [0.1, 0.15) is 0 Å². The predicted octanol–water partition coefficient (Wildman–Crippen LogP) is 0.999. The van der Waals surface area contributed by atoms with Crippen molar-refractivity contribution < 1.29 is 27.3 Å². The molecule has 0 amide bonds. The molecule has 86 valence electrons. The van der Waals surface area contributed by atoms with Gasteiger partial charge >= 0.3 is 15.9 Å². The zero-order valence-electron chi connectivity index (χ0n) is 8.30. The summed E-state index contributed by atoms with van der Waals surface area (Å²) in [6.45, 7) is 1.99.